The maximum absolute atomic E-state index is 12.1. The third kappa shape index (κ3) is 2.67. The summed E-state index contributed by atoms with van der Waals surface area (Å²) in [5, 5.41) is 20.7. The van der Waals surface area contributed by atoms with Crippen LogP contribution in [-0.4, -0.2) is 35.5 Å². The number of carbonyl (C=O) groups is 1. The maximum atomic E-state index is 12.1. The van der Waals surface area contributed by atoms with Crippen LogP contribution in [0, 0.1) is 11.3 Å². The van der Waals surface area contributed by atoms with Gasteiger partial charge in [0.15, 0.2) is 0 Å². The zero-order chi connectivity index (χ0) is 16.6. The van der Waals surface area contributed by atoms with Gasteiger partial charge in [-0.1, -0.05) is 23.5 Å². The van der Waals surface area contributed by atoms with Crippen LogP contribution in [0.4, 0.5) is 15.6 Å². The number of amides is 1. The average Bonchev–Trinajstić information content (AvgIpc) is 3.06. The molecule has 1 N–H and O–H groups in total. The van der Waals surface area contributed by atoms with Crippen molar-refractivity contribution in [3.8, 4) is 6.07 Å². The molecule has 2 aromatic rings. The van der Waals surface area contributed by atoms with Crippen LogP contribution in [0.5, 0.6) is 0 Å². The molecule has 1 atom stereocenters. The molecule has 4 rings (SSSR count). The predicted molar refractivity (Wildman–Crippen MR) is 89.0 cm³/mol. The van der Waals surface area contributed by atoms with Crippen molar-refractivity contribution in [1.82, 2.24) is 10.2 Å². The van der Waals surface area contributed by atoms with E-state index < -0.39 is 0 Å². The first-order valence-electron chi connectivity index (χ1n) is 7.70. The molecular formula is C16H15N5O2S. The summed E-state index contributed by atoms with van der Waals surface area (Å²) in [5.41, 5.74) is 3.15. The smallest absolute Gasteiger partial charge is 0.414 e. The molecular weight excluding hydrogens is 326 g/mol. The van der Waals surface area contributed by atoms with Gasteiger partial charge in [-0.3, -0.25) is 4.90 Å². The van der Waals surface area contributed by atoms with Gasteiger partial charge < -0.3 is 10.1 Å². The van der Waals surface area contributed by atoms with Crippen LogP contribution in [0.1, 0.15) is 18.4 Å². The maximum Gasteiger partial charge on any atom is 0.414 e. The van der Waals surface area contributed by atoms with E-state index in [-0.39, 0.29) is 17.6 Å². The highest BCUT2D eigenvalue weighted by molar-refractivity contribution is 7.13. The zero-order valence-electron chi connectivity index (χ0n) is 12.8. The fourth-order valence-electron chi connectivity index (χ4n) is 2.84. The first kappa shape index (κ1) is 14.9. The lowest BCUT2D eigenvalue weighted by Crippen LogP contribution is -2.27. The van der Waals surface area contributed by atoms with Gasteiger partial charge in [0.1, 0.15) is 11.6 Å². The minimum Gasteiger partial charge on any atom is -0.442 e. The van der Waals surface area contributed by atoms with Crippen LogP contribution < -0.4 is 10.2 Å². The van der Waals surface area contributed by atoms with Crippen LogP contribution in [-0.2, 0) is 10.2 Å². The van der Waals surface area contributed by atoms with Crippen LogP contribution in [0.15, 0.2) is 29.8 Å². The second kappa shape index (κ2) is 5.76. The largest absolute Gasteiger partial charge is 0.442 e. The first-order chi connectivity index (χ1) is 11.7. The Hall–Kier alpha value is -2.66. The van der Waals surface area contributed by atoms with Gasteiger partial charge in [-0.25, -0.2) is 4.79 Å². The third-order valence-corrected chi connectivity index (χ3v) is 5.06. The normalized spacial score (nSPS) is 21.2. The summed E-state index contributed by atoms with van der Waals surface area (Å²) in [6.45, 7) is 0.973. The van der Waals surface area contributed by atoms with Gasteiger partial charge in [0.2, 0.25) is 5.13 Å². The number of anilines is 2. The first-order valence-corrected chi connectivity index (χ1v) is 8.58. The highest BCUT2D eigenvalue weighted by Crippen LogP contribution is 2.47. The third-order valence-electron chi connectivity index (χ3n) is 4.41. The molecule has 2 fully saturated rings. The Balaban J connectivity index is 1.41. The Bertz CT molecular complexity index is 780. The summed E-state index contributed by atoms with van der Waals surface area (Å²) in [5.74, 6) is 0. The molecule has 122 valence electrons. The van der Waals surface area contributed by atoms with E-state index >= 15 is 0 Å². The molecule has 8 heteroatoms. The number of carbonyl (C=O) groups excluding carboxylic acids is 1. The summed E-state index contributed by atoms with van der Waals surface area (Å²) in [6.07, 6.45) is 1.23. The molecule has 1 saturated carbocycles. The Morgan fingerprint density at radius 3 is 2.83 bits per heavy atom. The second-order valence-corrected chi connectivity index (χ2v) is 6.82. The molecule has 0 bridgehead atoms. The van der Waals surface area contributed by atoms with Gasteiger partial charge >= 0.3 is 6.09 Å². The SMILES string of the molecule is N#CC1(c2ccc(N3C[C@H](CNc4nncs4)OC3=O)cc2)CC1. The van der Waals surface area contributed by atoms with E-state index in [0.29, 0.717) is 18.2 Å². The zero-order valence-corrected chi connectivity index (χ0v) is 13.6. The van der Waals surface area contributed by atoms with Crippen molar-refractivity contribution in [2.24, 2.45) is 0 Å². The quantitative estimate of drug-likeness (QED) is 0.898. The summed E-state index contributed by atoms with van der Waals surface area (Å²) in [6, 6.07) is 10.0. The van der Waals surface area contributed by atoms with Crippen molar-refractivity contribution in [1.29, 1.82) is 5.26 Å². The van der Waals surface area contributed by atoms with E-state index in [1.54, 1.807) is 10.4 Å². The lowest BCUT2D eigenvalue weighted by atomic mass is 9.97. The van der Waals surface area contributed by atoms with Crippen molar-refractivity contribution >= 4 is 28.2 Å². The van der Waals surface area contributed by atoms with Gasteiger partial charge in [-0.05, 0) is 30.5 Å². The number of nitrogens with one attached hydrogen (secondary N) is 1. The number of rotatable bonds is 5. The molecule has 2 heterocycles. The highest BCUT2D eigenvalue weighted by atomic mass is 32.1. The van der Waals surface area contributed by atoms with Crippen LogP contribution in [0.25, 0.3) is 0 Å². The molecule has 1 amide bonds. The van der Waals surface area contributed by atoms with Gasteiger partial charge in [0.25, 0.3) is 0 Å². The van der Waals surface area contributed by atoms with E-state index in [1.807, 2.05) is 24.3 Å². The van der Waals surface area contributed by atoms with Gasteiger partial charge in [0, 0.05) is 5.69 Å². The Morgan fingerprint density at radius 1 is 1.42 bits per heavy atom. The number of hydrogen-bond donors (Lipinski definition) is 1. The van der Waals surface area contributed by atoms with Crippen molar-refractivity contribution < 1.29 is 9.53 Å². The standard InChI is InChI=1S/C16H15N5O2S/c17-9-16(5-6-16)11-1-3-12(4-2-11)21-8-13(23-15(21)22)7-18-14-20-19-10-24-14/h1-4,10,13H,5-8H2,(H,18,20)/t13-/m0/s1. The molecule has 2 aliphatic rings. The number of nitrogens with zero attached hydrogens (tertiary/aromatic N) is 4. The van der Waals surface area contributed by atoms with E-state index in [4.69, 9.17) is 4.74 Å². The van der Waals surface area contributed by atoms with Crippen LogP contribution in [0.2, 0.25) is 0 Å². The molecule has 24 heavy (non-hydrogen) atoms. The number of hydrogen-bond acceptors (Lipinski definition) is 7. The molecule has 1 aliphatic heterocycles. The summed E-state index contributed by atoms with van der Waals surface area (Å²) < 4.78 is 5.39. The fourth-order valence-corrected chi connectivity index (χ4v) is 3.30. The molecule has 7 nitrogen and oxygen atoms in total. The average molecular weight is 341 g/mol. The molecule has 1 aromatic carbocycles. The molecule has 0 spiro atoms. The van der Waals surface area contributed by atoms with E-state index in [2.05, 4.69) is 21.6 Å². The molecule has 1 aliphatic carbocycles. The Kier molecular flexibility index (Phi) is 3.58. The Morgan fingerprint density at radius 2 is 2.21 bits per heavy atom. The number of cyclic esters (lactones) is 1. The lowest BCUT2D eigenvalue weighted by Gasteiger charge is -2.14. The van der Waals surface area contributed by atoms with Gasteiger partial charge in [-0.2, -0.15) is 5.26 Å². The van der Waals surface area contributed by atoms with Crippen molar-refractivity contribution in [2.75, 3.05) is 23.3 Å². The van der Waals surface area contributed by atoms with Gasteiger partial charge in [0.05, 0.1) is 24.6 Å². The lowest BCUT2D eigenvalue weighted by molar-refractivity contribution is 0.147. The minimum absolute atomic E-state index is 0.241. The summed E-state index contributed by atoms with van der Waals surface area (Å²) >= 11 is 1.40. The van der Waals surface area contributed by atoms with Crippen LogP contribution >= 0.6 is 11.3 Å². The van der Waals surface area contributed by atoms with Crippen LogP contribution in [0.3, 0.4) is 0 Å². The second-order valence-electron chi connectivity index (χ2n) is 5.98. The number of ether oxygens (including phenoxy) is 1. The van der Waals surface area contributed by atoms with Crippen molar-refractivity contribution in [2.45, 2.75) is 24.4 Å². The number of benzene rings is 1. The molecule has 0 unspecified atom stereocenters. The topological polar surface area (TPSA) is 91.1 Å². The van der Waals surface area contributed by atoms with Gasteiger partial charge in [-0.15, -0.1) is 10.2 Å². The Labute approximate surface area is 142 Å². The minimum atomic E-state index is -0.353. The van der Waals surface area contributed by atoms with Crippen molar-refractivity contribution in [3.05, 3.63) is 35.3 Å². The fraction of sp³-hybridized carbons (Fsp3) is 0.375. The summed E-state index contributed by atoms with van der Waals surface area (Å²) in [7, 11) is 0. The molecule has 1 aromatic heterocycles. The molecule has 0 radical (unpaired) electrons. The predicted octanol–water partition coefficient (Wildman–Crippen LogP) is 2.53. The van der Waals surface area contributed by atoms with E-state index in [1.165, 1.54) is 11.3 Å². The highest BCUT2D eigenvalue weighted by Gasteiger charge is 2.44. The van der Waals surface area contributed by atoms with E-state index in [9.17, 15) is 10.1 Å². The summed E-state index contributed by atoms with van der Waals surface area (Å²) in [4.78, 5) is 13.7. The number of nitriles is 1. The molecule has 1 saturated heterocycles. The number of aromatic nitrogens is 2. The monoisotopic (exact) mass is 341 g/mol. The van der Waals surface area contributed by atoms with Crippen molar-refractivity contribution in [3.63, 3.8) is 0 Å². The van der Waals surface area contributed by atoms with E-state index in [0.717, 1.165) is 24.1 Å².